The molecule has 3 fully saturated rings. The summed E-state index contributed by atoms with van der Waals surface area (Å²) in [5.74, 6) is 1.13. The van der Waals surface area contributed by atoms with Crippen molar-refractivity contribution in [3.8, 4) is 6.07 Å². The van der Waals surface area contributed by atoms with Gasteiger partial charge in [-0.05, 0) is 117 Å². The molecular weight excluding hydrogens is 614 g/mol. The molecule has 4 heterocycles. The quantitative estimate of drug-likeness (QED) is 0.326. The van der Waals surface area contributed by atoms with E-state index in [1.54, 1.807) is 0 Å². The summed E-state index contributed by atoms with van der Waals surface area (Å²) in [6, 6.07) is 14.8. The summed E-state index contributed by atoms with van der Waals surface area (Å²) in [5.41, 5.74) is 5.79. The lowest BCUT2D eigenvalue weighted by Crippen LogP contribution is -2.40. The van der Waals surface area contributed by atoms with Crippen molar-refractivity contribution in [1.29, 1.82) is 5.26 Å². The number of tetrazole rings is 1. The fourth-order valence-corrected chi connectivity index (χ4v) is 8.73. The number of rotatable bonds is 9. The maximum atomic E-state index is 13.5. The zero-order valence-corrected chi connectivity index (χ0v) is 28.7. The molecule has 1 aromatic heterocycles. The van der Waals surface area contributed by atoms with E-state index in [1.165, 1.54) is 0 Å². The lowest BCUT2D eigenvalue weighted by Gasteiger charge is -2.35. The number of nitrogens with one attached hydrogen (secondary N) is 2. The summed E-state index contributed by atoms with van der Waals surface area (Å²) in [6.07, 6.45) is 7.04. The molecule has 3 saturated heterocycles. The molecule has 3 aliphatic heterocycles. The smallest absolute Gasteiger partial charge is 0.253 e. The fourth-order valence-electron chi connectivity index (χ4n) is 8.73. The number of carbonyl (C=O) groups is 2. The van der Waals surface area contributed by atoms with Gasteiger partial charge in [-0.3, -0.25) is 9.59 Å². The lowest BCUT2D eigenvalue weighted by molar-refractivity contribution is 0.0785. The van der Waals surface area contributed by atoms with E-state index < -0.39 is 5.41 Å². The first-order valence-electron chi connectivity index (χ1n) is 18.0. The van der Waals surface area contributed by atoms with Gasteiger partial charge in [-0.15, -0.1) is 10.2 Å². The maximum absolute atomic E-state index is 13.5. The number of nitrogens with zero attached hydrogens (tertiary/aromatic N) is 7. The Kier molecular flexibility index (Phi) is 9.25. The van der Waals surface area contributed by atoms with Gasteiger partial charge >= 0.3 is 0 Å². The Labute approximate surface area is 288 Å². The molecule has 0 bridgehead atoms. The average Bonchev–Trinajstić information content (AvgIpc) is 3.96. The number of aryl methyl sites for hydroxylation is 2. The highest BCUT2D eigenvalue weighted by atomic mass is 16.2. The number of nitriles is 1. The molecule has 11 heteroatoms. The Balaban J connectivity index is 1.25. The fraction of sp³-hybridized carbons (Fsp3) is 0.526. The third kappa shape index (κ3) is 6.01. The molecule has 0 radical (unpaired) electrons. The van der Waals surface area contributed by atoms with Gasteiger partial charge in [0.2, 0.25) is 0 Å². The molecule has 4 aliphatic rings. The Morgan fingerprint density at radius 2 is 1.53 bits per heavy atom. The van der Waals surface area contributed by atoms with Gasteiger partial charge in [-0.1, -0.05) is 30.8 Å². The maximum Gasteiger partial charge on any atom is 0.253 e. The second-order valence-electron chi connectivity index (χ2n) is 14.4. The molecule has 49 heavy (non-hydrogen) atoms. The summed E-state index contributed by atoms with van der Waals surface area (Å²) in [5, 5.41) is 29.4. The summed E-state index contributed by atoms with van der Waals surface area (Å²) in [7, 11) is 0. The number of carbonyl (C=O) groups excluding carboxylic acids is 2. The van der Waals surface area contributed by atoms with E-state index in [2.05, 4.69) is 81.6 Å². The van der Waals surface area contributed by atoms with E-state index >= 15 is 0 Å². The molecule has 2 amide bonds. The van der Waals surface area contributed by atoms with Crippen LogP contribution in [0, 0.1) is 17.2 Å². The van der Waals surface area contributed by atoms with Gasteiger partial charge in [0.25, 0.3) is 11.8 Å². The predicted molar refractivity (Wildman–Crippen MR) is 186 cm³/mol. The number of benzene rings is 2. The zero-order valence-electron chi connectivity index (χ0n) is 28.7. The van der Waals surface area contributed by atoms with E-state index in [0.29, 0.717) is 42.4 Å². The molecule has 0 saturated carbocycles. The van der Waals surface area contributed by atoms with Gasteiger partial charge in [0.05, 0.1) is 11.5 Å². The van der Waals surface area contributed by atoms with E-state index in [4.69, 9.17) is 0 Å². The van der Waals surface area contributed by atoms with Gasteiger partial charge in [-0.25, -0.2) is 0 Å². The molecule has 3 atom stereocenters. The normalized spacial score (nSPS) is 22.8. The molecular formula is C38H47N9O2. The number of amides is 2. The van der Waals surface area contributed by atoms with Crippen molar-refractivity contribution < 1.29 is 9.59 Å². The summed E-state index contributed by atoms with van der Waals surface area (Å²) < 4.78 is 0. The van der Waals surface area contributed by atoms with Gasteiger partial charge in [0, 0.05) is 55.6 Å². The summed E-state index contributed by atoms with van der Waals surface area (Å²) >= 11 is 0. The highest BCUT2D eigenvalue weighted by Gasteiger charge is 2.45. The van der Waals surface area contributed by atoms with Crippen LogP contribution in [0.5, 0.6) is 0 Å². The monoisotopic (exact) mass is 661 g/mol. The number of hydrogen-bond acceptors (Lipinski definition) is 8. The highest BCUT2D eigenvalue weighted by Crippen LogP contribution is 2.46. The van der Waals surface area contributed by atoms with Gasteiger partial charge in [0.1, 0.15) is 6.04 Å². The Morgan fingerprint density at radius 3 is 2.04 bits per heavy atom. The number of aromatic nitrogens is 4. The molecule has 0 spiro atoms. The SMILES string of the molecule is C=C(CNCCC1(c2nn[nH]n2)c2ccc(C(=O)N3CCCC3)cc2CCc2cc(C(=O)N3CCCC3)ccc21)N1C(C#N)C[C@H](C)C1C. The van der Waals surface area contributed by atoms with Crippen LogP contribution in [0.15, 0.2) is 48.7 Å². The second kappa shape index (κ2) is 13.7. The number of hydrogen-bond donors (Lipinski definition) is 2. The first-order chi connectivity index (χ1) is 23.8. The van der Waals surface area contributed by atoms with Crippen molar-refractivity contribution in [2.75, 3.05) is 39.3 Å². The van der Waals surface area contributed by atoms with Gasteiger partial charge in [0.15, 0.2) is 5.82 Å². The molecule has 2 N–H and O–H groups in total. The molecule has 7 rings (SSSR count). The highest BCUT2D eigenvalue weighted by molar-refractivity contribution is 5.95. The number of likely N-dealkylation sites (tertiary alicyclic amines) is 3. The van der Waals surface area contributed by atoms with Crippen molar-refractivity contribution >= 4 is 11.8 Å². The van der Waals surface area contributed by atoms with Crippen molar-refractivity contribution in [2.45, 2.75) is 82.7 Å². The average molecular weight is 662 g/mol. The van der Waals surface area contributed by atoms with Crippen LogP contribution >= 0.6 is 0 Å². The van der Waals surface area contributed by atoms with E-state index in [-0.39, 0.29) is 23.9 Å². The molecule has 2 unspecified atom stereocenters. The Morgan fingerprint density at radius 1 is 0.959 bits per heavy atom. The summed E-state index contributed by atoms with van der Waals surface area (Å²) in [6.45, 7) is 13.1. The summed E-state index contributed by atoms with van der Waals surface area (Å²) in [4.78, 5) is 33.2. The zero-order chi connectivity index (χ0) is 34.1. The van der Waals surface area contributed by atoms with Crippen molar-refractivity contribution in [3.05, 3.63) is 87.9 Å². The first-order valence-corrected chi connectivity index (χ1v) is 18.0. The van der Waals surface area contributed by atoms with Crippen LogP contribution in [0.1, 0.15) is 101 Å². The van der Waals surface area contributed by atoms with Crippen molar-refractivity contribution in [2.24, 2.45) is 5.92 Å². The van der Waals surface area contributed by atoms with Crippen LogP contribution in [0.25, 0.3) is 0 Å². The van der Waals surface area contributed by atoms with Crippen LogP contribution in [-0.4, -0.2) is 98.5 Å². The molecule has 11 nitrogen and oxygen atoms in total. The van der Waals surface area contributed by atoms with E-state index in [1.807, 2.05) is 21.9 Å². The number of aromatic amines is 1. The first kappa shape index (κ1) is 33.0. The van der Waals surface area contributed by atoms with Crippen LogP contribution in [0.3, 0.4) is 0 Å². The standard InChI is InChI=1S/C38H47N9O2/c1-25-20-32(23-39)47(27(25)3)26(2)24-40-15-14-38(37-41-43-44-42-37)33-12-10-30(35(48)45-16-4-5-17-45)21-28(33)8-9-29-22-31(11-13-34(29)38)36(49)46-18-6-7-19-46/h10-13,21-22,25,27,32,40H,2,4-9,14-20,24H2,1,3H3,(H,41,42,43,44)/t25-,27?,32?/m0/s1. The van der Waals surface area contributed by atoms with Crippen molar-refractivity contribution in [3.63, 3.8) is 0 Å². The number of H-pyrrole nitrogens is 1. The Hall–Kier alpha value is -4.56. The van der Waals surface area contributed by atoms with Gasteiger partial charge in [-0.2, -0.15) is 10.5 Å². The minimum Gasteiger partial charge on any atom is -0.355 e. The molecule has 2 aromatic carbocycles. The van der Waals surface area contributed by atoms with Crippen LogP contribution in [-0.2, 0) is 18.3 Å². The lowest BCUT2D eigenvalue weighted by atomic mass is 9.69. The Bertz CT molecular complexity index is 1670. The topological polar surface area (TPSA) is 134 Å². The van der Waals surface area contributed by atoms with Crippen LogP contribution in [0.4, 0.5) is 0 Å². The molecule has 256 valence electrons. The predicted octanol–water partition coefficient (Wildman–Crippen LogP) is 4.22. The third-order valence-corrected chi connectivity index (χ3v) is 11.5. The van der Waals surface area contributed by atoms with Crippen molar-refractivity contribution in [1.82, 2.24) is 40.6 Å². The minimum atomic E-state index is -0.794. The molecule has 3 aromatic rings. The van der Waals surface area contributed by atoms with Gasteiger partial charge < -0.3 is 20.0 Å². The van der Waals surface area contributed by atoms with Crippen LogP contribution in [0.2, 0.25) is 0 Å². The van der Waals surface area contributed by atoms with Crippen LogP contribution < -0.4 is 5.32 Å². The minimum absolute atomic E-state index is 0.0760. The second-order valence-corrected chi connectivity index (χ2v) is 14.4. The third-order valence-electron chi connectivity index (χ3n) is 11.5. The van der Waals surface area contributed by atoms with E-state index in [0.717, 1.165) is 99.1 Å². The largest absolute Gasteiger partial charge is 0.355 e. The molecule has 1 aliphatic carbocycles. The number of fused-ring (bicyclic) bond motifs is 2. The van der Waals surface area contributed by atoms with E-state index in [9.17, 15) is 14.9 Å².